The Bertz CT molecular complexity index is 1150. The second-order valence-corrected chi connectivity index (χ2v) is 8.63. The number of H-pyrrole nitrogens is 1. The molecule has 0 fully saturated rings. The molecule has 32 heavy (non-hydrogen) atoms. The number of carbonyl (C=O) groups is 1. The van der Waals surface area contributed by atoms with E-state index in [1.165, 1.54) is 18.2 Å². The molecular formula is C21H23ClFN7O2. The van der Waals surface area contributed by atoms with Gasteiger partial charge in [0.25, 0.3) is 5.91 Å². The van der Waals surface area contributed by atoms with Gasteiger partial charge in [-0.25, -0.2) is 4.39 Å². The molecule has 2 atom stereocenters. The lowest BCUT2D eigenvalue weighted by Gasteiger charge is -2.32. The molecule has 11 heteroatoms. The number of halogens is 2. The van der Waals surface area contributed by atoms with E-state index in [4.69, 9.17) is 16.7 Å². The molecule has 2 unspecified atom stereocenters. The maximum Gasteiger partial charge on any atom is 0.272 e. The normalized spacial score (nSPS) is 19.9. The topological polar surface area (TPSA) is 102 Å². The van der Waals surface area contributed by atoms with Gasteiger partial charge >= 0.3 is 0 Å². The van der Waals surface area contributed by atoms with E-state index in [0.717, 1.165) is 17.0 Å². The number of likely N-dealkylation sites (N-methyl/N-ethyl adjacent to an activating group) is 1. The van der Waals surface area contributed by atoms with Gasteiger partial charge in [-0.3, -0.25) is 19.5 Å². The maximum absolute atomic E-state index is 13.4. The second kappa shape index (κ2) is 8.19. The van der Waals surface area contributed by atoms with E-state index >= 15 is 0 Å². The summed E-state index contributed by atoms with van der Waals surface area (Å²) in [4.78, 5) is 16.7. The average molecular weight is 460 g/mol. The summed E-state index contributed by atoms with van der Waals surface area (Å²) >= 11 is 5.84. The van der Waals surface area contributed by atoms with Gasteiger partial charge in [-0.05, 0) is 24.3 Å². The third kappa shape index (κ3) is 3.74. The SMILES string of the molecule is CN1CC(c2ccn[nH]2)Cn2nc3c(c2C1=O)CN(C(O)Nc1ccc(F)c(Cl)c1)CC3. The maximum atomic E-state index is 13.4. The Kier molecular flexibility index (Phi) is 5.36. The van der Waals surface area contributed by atoms with Crippen molar-refractivity contribution in [2.75, 3.05) is 25.5 Å². The highest BCUT2D eigenvalue weighted by atomic mass is 35.5. The first-order valence-corrected chi connectivity index (χ1v) is 10.8. The molecule has 3 aromatic rings. The van der Waals surface area contributed by atoms with Crippen LogP contribution in [0.3, 0.4) is 0 Å². The van der Waals surface area contributed by atoms with E-state index in [1.54, 1.807) is 22.8 Å². The predicted molar refractivity (Wildman–Crippen MR) is 116 cm³/mol. The van der Waals surface area contributed by atoms with E-state index in [9.17, 15) is 14.3 Å². The molecule has 0 radical (unpaired) electrons. The molecule has 1 amide bonds. The highest BCUT2D eigenvalue weighted by Gasteiger charge is 2.35. The number of benzene rings is 1. The van der Waals surface area contributed by atoms with Crippen molar-refractivity contribution in [2.24, 2.45) is 0 Å². The zero-order chi connectivity index (χ0) is 22.4. The Morgan fingerprint density at radius 2 is 2.19 bits per heavy atom. The molecule has 0 spiro atoms. The molecular weight excluding hydrogens is 437 g/mol. The lowest BCUT2D eigenvalue weighted by molar-refractivity contribution is 0.0159. The van der Waals surface area contributed by atoms with Crippen LogP contribution < -0.4 is 5.32 Å². The number of nitrogens with one attached hydrogen (secondary N) is 2. The number of aromatic nitrogens is 4. The summed E-state index contributed by atoms with van der Waals surface area (Å²) in [7, 11) is 1.79. The molecule has 4 heterocycles. The minimum absolute atomic E-state index is 0.0226. The van der Waals surface area contributed by atoms with Gasteiger partial charge in [-0.1, -0.05) is 11.6 Å². The van der Waals surface area contributed by atoms with Gasteiger partial charge < -0.3 is 15.3 Å². The van der Waals surface area contributed by atoms with Crippen LogP contribution in [0.5, 0.6) is 0 Å². The van der Waals surface area contributed by atoms with Crippen molar-refractivity contribution in [3.63, 3.8) is 0 Å². The first kappa shape index (κ1) is 20.9. The number of rotatable bonds is 4. The van der Waals surface area contributed by atoms with Crippen molar-refractivity contribution < 1.29 is 14.3 Å². The zero-order valence-corrected chi connectivity index (χ0v) is 18.2. The number of hydrogen-bond donors (Lipinski definition) is 3. The third-order valence-corrected chi connectivity index (χ3v) is 6.38. The predicted octanol–water partition coefficient (Wildman–Crippen LogP) is 2.01. The van der Waals surface area contributed by atoms with Crippen LogP contribution in [-0.2, 0) is 19.5 Å². The van der Waals surface area contributed by atoms with Gasteiger partial charge in [-0.2, -0.15) is 10.2 Å². The van der Waals surface area contributed by atoms with E-state index in [2.05, 4.69) is 15.5 Å². The Morgan fingerprint density at radius 1 is 1.34 bits per heavy atom. The number of aromatic amines is 1. The quantitative estimate of drug-likeness (QED) is 0.516. The first-order valence-electron chi connectivity index (χ1n) is 10.4. The summed E-state index contributed by atoms with van der Waals surface area (Å²) in [6.45, 7) is 2.04. The number of hydrogen-bond acceptors (Lipinski definition) is 6. The number of fused-ring (bicyclic) bond motifs is 3. The average Bonchev–Trinajstić information content (AvgIpc) is 3.40. The van der Waals surface area contributed by atoms with Crippen molar-refractivity contribution in [3.05, 3.63) is 63.9 Å². The Balaban J connectivity index is 1.39. The first-order chi connectivity index (χ1) is 15.4. The molecule has 2 aliphatic heterocycles. The molecule has 0 saturated heterocycles. The number of aliphatic hydroxyl groups excluding tert-OH is 1. The van der Waals surface area contributed by atoms with Crippen LogP contribution in [0.25, 0.3) is 0 Å². The molecule has 168 valence electrons. The fourth-order valence-corrected chi connectivity index (χ4v) is 4.59. The lowest BCUT2D eigenvalue weighted by Crippen LogP contribution is -2.44. The molecule has 0 aliphatic carbocycles. The summed E-state index contributed by atoms with van der Waals surface area (Å²) in [6.07, 6.45) is 1.28. The Hall–Kier alpha value is -2.95. The Labute approximate surface area is 188 Å². The summed E-state index contributed by atoms with van der Waals surface area (Å²) in [6, 6.07) is 6.10. The summed E-state index contributed by atoms with van der Waals surface area (Å²) in [5.74, 6) is -0.552. The van der Waals surface area contributed by atoms with E-state index in [0.29, 0.717) is 44.0 Å². The van der Waals surface area contributed by atoms with Crippen LogP contribution in [0.15, 0.2) is 30.5 Å². The van der Waals surface area contributed by atoms with Gasteiger partial charge in [-0.15, -0.1) is 0 Å². The fourth-order valence-electron chi connectivity index (χ4n) is 4.41. The van der Waals surface area contributed by atoms with Crippen LogP contribution in [0.4, 0.5) is 10.1 Å². The largest absolute Gasteiger partial charge is 0.361 e. The molecule has 1 aromatic carbocycles. The molecule has 2 aromatic heterocycles. The summed E-state index contributed by atoms with van der Waals surface area (Å²) in [5, 5.41) is 25.4. The molecule has 3 N–H and O–H groups in total. The molecule has 2 aliphatic rings. The van der Waals surface area contributed by atoms with Gasteiger partial charge in [0.1, 0.15) is 11.5 Å². The van der Waals surface area contributed by atoms with Gasteiger partial charge in [0.05, 0.1) is 17.3 Å². The fraction of sp³-hybridized carbons (Fsp3) is 0.381. The zero-order valence-electron chi connectivity index (χ0n) is 17.4. The standard InChI is InChI=1S/C21H23ClFN7O2/c1-28-9-12(17-4-6-24-26-17)10-30-19(20(28)31)14-11-29(7-5-18(14)27-30)21(32)25-13-2-3-16(23)15(22)8-13/h2-4,6,8,12,21,25,32H,5,7,9-11H2,1H3,(H,24,26). The molecule has 0 saturated carbocycles. The number of anilines is 1. The number of carbonyl (C=O) groups excluding carboxylic acids is 1. The van der Waals surface area contributed by atoms with Crippen molar-refractivity contribution in [2.45, 2.75) is 31.8 Å². The van der Waals surface area contributed by atoms with E-state index in [-0.39, 0.29) is 16.8 Å². The summed E-state index contributed by atoms with van der Waals surface area (Å²) < 4.78 is 15.2. The molecule has 0 bridgehead atoms. The lowest BCUT2D eigenvalue weighted by atomic mass is 10.0. The number of amides is 1. The number of nitrogens with zero attached hydrogens (tertiary/aromatic N) is 5. The van der Waals surface area contributed by atoms with Gasteiger partial charge in [0.2, 0.25) is 0 Å². The van der Waals surface area contributed by atoms with Crippen LogP contribution in [0, 0.1) is 5.82 Å². The van der Waals surface area contributed by atoms with Crippen LogP contribution in [0.1, 0.15) is 33.4 Å². The number of aliphatic hydroxyl groups is 1. The highest BCUT2D eigenvalue weighted by molar-refractivity contribution is 6.31. The smallest absolute Gasteiger partial charge is 0.272 e. The van der Waals surface area contributed by atoms with Gasteiger partial charge in [0.15, 0.2) is 6.35 Å². The third-order valence-electron chi connectivity index (χ3n) is 6.09. The van der Waals surface area contributed by atoms with Crippen molar-refractivity contribution in [3.8, 4) is 0 Å². The minimum Gasteiger partial charge on any atom is -0.361 e. The van der Waals surface area contributed by atoms with Crippen molar-refractivity contribution in [1.82, 2.24) is 29.8 Å². The van der Waals surface area contributed by atoms with Crippen LogP contribution in [0.2, 0.25) is 5.02 Å². The minimum atomic E-state index is -1.03. The van der Waals surface area contributed by atoms with Crippen molar-refractivity contribution in [1.29, 1.82) is 0 Å². The van der Waals surface area contributed by atoms with Gasteiger partial charge in [0, 0.05) is 62.2 Å². The van der Waals surface area contributed by atoms with E-state index < -0.39 is 12.2 Å². The van der Waals surface area contributed by atoms with Crippen LogP contribution in [-0.4, -0.2) is 67.3 Å². The highest BCUT2D eigenvalue weighted by Crippen LogP contribution is 2.30. The molecule has 9 nitrogen and oxygen atoms in total. The summed E-state index contributed by atoms with van der Waals surface area (Å²) in [5.41, 5.74) is 3.73. The van der Waals surface area contributed by atoms with E-state index in [1.807, 2.05) is 11.0 Å². The monoisotopic (exact) mass is 459 g/mol. The second-order valence-electron chi connectivity index (χ2n) is 8.22. The van der Waals surface area contributed by atoms with Crippen LogP contribution >= 0.6 is 11.6 Å². The Morgan fingerprint density at radius 3 is 2.94 bits per heavy atom. The molecule has 5 rings (SSSR count). The van der Waals surface area contributed by atoms with Crippen molar-refractivity contribution >= 4 is 23.2 Å².